The van der Waals surface area contributed by atoms with Gasteiger partial charge in [0.05, 0.1) is 17.5 Å². The van der Waals surface area contributed by atoms with E-state index in [1.807, 2.05) is 6.07 Å². The molecule has 0 bridgehead atoms. The monoisotopic (exact) mass is 362 g/mol. The molecule has 132 valence electrons. The normalized spacial score (nSPS) is 28.7. The number of aliphatic imine (C=N–C) groups is 1. The van der Waals surface area contributed by atoms with Crippen molar-refractivity contribution in [3.05, 3.63) is 34.9 Å². The second-order valence-corrected chi connectivity index (χ2v) is 6.74. The third-order valence-electron chi connectivity index (χ3n) is 5.00. The van der Waals surface area contributed by atoms with Gasteiger partial charge < -0.3 is 10.2 Å². The number of carbonyl (C=O) groups is 2. The number of benzene rings is 1. The molecule has 2 rings (SSSR count). The van der Waals surface area contributed by atoms with Crippen molar-refractivity contribution in [2.75, 3.05) is 0 Å². The van der Waals surface area contributed by atoms with Crippen molar-refractivity contribution in [2.45, 2.75) is 38.6 Å². The lowest BCUT2D eigenvalue weighted by Gasteiger charge is -2.46. The van der Waals surface area contributed by atoms with Crippen molar-refractivity contribution in [1.29, 1.82) is 5.26 Å². The van der Waals surface area contributed by atoms with Gasteiger partial charge in [-0.05, 0) is 38.0 Å². The first kappa shape index (κ1) is 18.9. The Balaban J connectivity index is 2.78. The van der Waals surface area contributed by atoms with Gasteiger partial charge >= 0.3 is 11.9 Å². The van der Waals surface area contributed by atoms with Gasteiger partial charge in [0.25, 0.3) is 0 Å². The van der Waals surface area contributed by atoms with Crippen LogP contribution in [-0.2, 0) is 9.59 Å². The largest absolute Gasteiger partial charge is 0.481 e. The minimum absolute atomic E-state index is 0.00534. The Labute approximate surface area is 150 Å². The summed E-state index contributed by atoms with van der Waals surface area (Å²) in [5, 5.41) is 29.2. The predicted octanol–water partition coefficient (Wildman–Crippen LogP) is 3.36. The van der Waals surface area contributed by atoms with Crippen LogP contribution in [0.2, 0.25) is 5.02 Å². The minimum Gasteiger partial charge on any atom is -0.481 e. The SMILES string of the molecule is CC1=NC(C)C(CCC#N)(C(=O)O)C(c2cccc(Cl)c2)C1C(=O)O. The van der Waals surface area contributed by atoms with Crippen molar-refractivity contribution in [2.24, 2.45) is 16.3 Å². The highest BCUT2D eigenvalue weighted by Crippen LogP contribution is 2.52. The molecule has 7 heteroatoms. The predicted molar refractivity (Wildman–Crippen MR) is 92.8 cm³/mol. The Morgan fingerprint density at radius 3 is 2.60 bits per heavy atom. The van der Waals surface area contributed by atoms with Gasteiger partial charge in [-0.15, -0.1) is 0 Å². The van der Waals surface area contributed by atoms with Crippen LogP contribution in [0.15, 0.2) is 29.3 Å². The minimum atomic E-state index is -1.50. The van der Waals surface area contributed by atoms with Gasteiger partial charge in [-0.3, -0.25) is 14.6 Å². The highest BCUT2D eigenvalue weighted by molar-refractivity contribution is 6.30. The first-order valence-electron chi connectivity index (χ1n) is 7.88. The Morgan fingerprint density at radius 2 is 2.08 bits per heavy atom. The highest BCUT2D eigenvalue weighted by Gasteiger charge is 2.58. The lowest BCUT2D eigenvalue weighted by Crippen LogP contribution is -2.54. The molecule has 0 fully saturated rings. The first-order valence-corrected chi connectivity index (χ1v) is 8.26. The second-order valence-electron chi connectivity index (χ2n) is 6.30. The summed E-state index contributed by atoms with van der Waals surface area (Å²) in [7, 11) is 0. The summed E-state index contributed by atoms with van der Waals surface area (Å²) in [6.07, 6.45) is 0.00630. The lowest BCUT2D eigenvalue weighted by atomic mass is 9.58. The summed E-state index contributed by atoms with van der Waals surface area (Å²) in [5.74, 6) is -4.25. The Kier molecular flexibility index (Phi) is 5.48. The fraction of sp³-hybridized carbons (Fsp3) is 0.444. The number of rotatable bonds is 5. The zero-order valence-electron chi connectivity index (χ0n) is 13.9. The molecule has 1 aliphatic heterocycles. The fourth-order valence-corrected chi connectivity index (χ4v) is 4.06. The number of nitriles is 1. The van der Waals surface area contributed by atoms with Crippen LogP contribution in [0, 0.1) is 22.7 Å². The van der Waals surface area contributed by atoms with Gasteiger partial charge in [-0.2, -0.15) is 5.26 Å². The molecule has 0 amide bonds. The van der Waals surface area contributed by atoms with E-state index < -0.39 is 35.2 Å². The average molecular weight is 363 g/mol. The van der Waals surface area contributed by atoms with Crippen LogP contribution in [0.5, 0.6) is 0 Å². The molecule has 25 heavy (non-hydrogen) atoms. The van der Waals surface area contributed by atoms with Gasteiger partial charge in [0.1, 0.15) is 5.92 Å². The topological polar surface area (TPSA) is 111 Å². The summed E-state index contributed by atoms with van der Waals surface area (Å²) in [5.41, 5.74) is -0.594. The molecular formula is C18H19ClN2O4. The maximum Gasteiger partial charge on any atom is 0.312 e. The quantitative estimate of drug-likeness (QED) is 0.834. The van der Waals surface area contributed by atoms with Crippen molar-refractivity contribution in [3.8, 4) is 6.07 Å². The van der Waals surface area contributed by atoms with E-state index >= 15 is 0 Å². The molecule has 1 aromatic carbocycles. The first-order chi connectivity index (χ1) is 11.8. The van der Waals surface area contributed by atoms with Crippen LogP contribution in [0.1, 0.15) is 38.2 Å². The second kappa shape index (κ2) is 7.24. The number of carboxylic acid groups (broad SMARTS) is 2. The number of halogens is 1. The van der Waals surface area contributed by atoms with Crippen LogP contribution in [0.4, 0.5) is 0 Å². The van der Waals surface area contributed by atoms with E-state index in [0.29, 0.717) is 16.3 Å². The maximum absolute atomic E-state index is 12.3. The Morgan fingerprint density at radius 1 is 1.40 bits per heavy atom. The molecule has 0 spiro atoms. The summed E-state index contributed by atoms with van der Waals surface area (Å²) < 4.78 is 0. The number of hydrogen-bond donors (Lipinski definition) is 2. The summed E-state index contributed by atoms with van der Waals surface area (Å²) >= 11 is 6.06. The van der Waals surface area contributed by atoms with Gasteiger partial charge in [-0.25, -0.2) is 0 Å². The van der Waals surface area contributed by atoms with Crippen LogP contribution in [0.25, 0.3) is 0 Å². The molecular weight excluding hydrogens is 344 g/mol. The van der Waals surface area contributed by atoms with E-state index in [9.17, 15) is 19.8 Å². The zero-order valence-corrected chi connectivity index (χ0v) is 14.7. The summed E-state index contributed by atoms with van der Waals surface area (Å²) in [6.45, 7) is 3.26. The van der Waals surface area contributed by atoms with Crippen LogP contribution in [0.3, 0.4) is 0 Å². The van der Waals surface area contributed by atoms with Crippen molar-refractivity contribution in [3.63, 3.8) is 0 Å². The van der Waals surface area contributed by atoms with Gasteiger partial charge in [0, 0.05) is 23.1 Å². The van der Waals surface area contributed by atoms with E-state index in [-0.39, 0.29) is 12.8 Å². The molecule has 0 radical (unpaired) electrons. The van der Waals surface area contributed by atoms with Gasteiger partial charge in [0.15, 0.2) is 0 Å². The van der Waals surface area contributed by atoms with Gasteiger partial charge in [-0.1, -0.05) is 23.7 Å². The van der Waals surface area contributed by atoms with Crippen molar-refractivity contribution < 1.29 is 19.8 Å². The maximum atomic E-state index is 12.3. The molecule has 0 saturated carbocycles. The Bertz CT molecular complexity index is 771. The standard InChI is InChI=1S/C18H19ClN2O4/c1-10-14(16(22)23)15(12-5-3-6-13(19)9-12)18(17(24)25,7-4-8-20)11(2)21-10/h3,5-6,9,11,14-15H,4,7H2,1-2H3,(H,22,23)(H,24,25). The number of nitrogens with zero attached hydrogens (tertiary/aromatic N) is 2. The third-order valence-corrected chi connectivity index (χ3v) is 5.24. The molecule has 1 aliphatic rings. The molecule has 4 unspecified atom stereocenters. The van der Waals surface area contributed by atoms with E-state index in [4.69, 9.17) is 16.9 Å². The van der Waals surface area contributed by atoms with E-state index in [2.05, 4.69) is 4.99 Å². The zero-order chi connectivity index (χ0) is 18.8. The molecule has 0 saturated heterocycles. The van der Waals surface area contributed by atoms with Crippen LogP contribution < -0.4 is 0 Å². The molecule has 0 aromatic heterocycles. The smallest absolute Gasteiger partial charge is 0.312 e. The molecule has 2 N–H and O–H groups in total. The molecule has 4 atom stereocenters. The summed E-state index contributed by atoms with van der Waals surface area (Å²) in [4.78, 5) is 28.6. The van der Waals surface area contributed by atoms with Crippen molar-refractivity contribution in [1.82, 2.24) is 0 Å². The molecule has 6 nitrogen and oxygen atoms in total. The molecule has 1 aromatic rings. The number of aliphatic carboxylic acids is 2. The lowest BCUT2D eigenvalue weighted by molar-refractivity contribution is -0.155. The van der Waals surface area contributed by atoms with E-state index in [0.717, 1.165) is 0 Å². The summed E-state index contributed by atoms with van der Waals surface area (Å²) in [6, 6.07) is 7.89. The average Bonchev–Trinajstić information content (AvgIpc) is 2.52. The van der Waals surface area contributed by atoms with E-state index in [1.54, 1.807) is 38.1 Å². The Hall–Kier alpha value is -2.39. The van der Waals surface area contributed by atoms with Crippen LogP contribution in [-0.4, -0.2) is 33.9 Å². The van der Waals surface area contributed by atoms with Crippen LogP contribution >= 0.6 is 11.6 Å². The number of hydrogen-bond acceptors (Lipinski definition) is 4. The molecule has 1 heterocycles. The van der Waals surface area contributed by atoms with Crippen molar-refractivity contribution >= 4 is 29.3 Å². The van der Waals surface area contributed by atoms with Gasteiger partial charge in [0.2, 0.25) is 0 Å². The third kappa shape index (κ3) is 3.24. The fourth-order valence-electron chi connectivity index (χ4n) is 3.86. The number of carboxylic acids is 2. The molecule has 0 aliphatic carbocycles. The highest BCUT2D eigenvalue weighted by atomic mass is 35.5. The van der Waals surface area contributed by atoms with E-state index in [1.165, 1.54) is 0 Å².